The van der Waals surface area contributed by atoms with E-state index in [0.717, 1.165) is 38.9 Å². The summed E-state index contributed by atoms with van der Waals surface area (Å²) in [4.78, 5) is 28.3. The lowest BCUT2D eigenvalue weighted by molar-refractivity contribution is -0.126. The summed E-state index contributed by atoms with van der Waals surface area (Å²) < 4.78 is 46.9. The molecule has 10 nitrogen and oxygen atoms in total. The van der Waals surface area contributed by atoms with Gasteiger partial charge in [0.1, 0.15) is 11.9 Å². The zero-order chi connectivity index (χ0) is 28.2. The van der Waals surface area contributed by atoms with Crippen LogP contribution < -0.4 is 15.0 Å². The van der Waals surface area contributed by atoms with Gasteiger partial charge < -0.3 is 24.4 Å². The average molecular weight is 571 g/mol. The molecule has 1 aromatic carbocycles. The van der Waals surface area contributed by atoms with Gasteiger partial charge in [0, 0.05) is 44.8 Å². The highest BCUT2D eigenvalue weighted by atomic mass is 19.3. The Morgan fingerprint density at radius 2 is 1.71 bits per heavy atom. The average Bonchev–Trinajstić information content (AvgIpc) is 3.41. The van der Waals surface area contributed by atoms with Crippen molar-refractivity contribution in [3.63, 3.8) is 0 Å². The Bertz CT molecular complexity index is 1330. The zero-order valence-corrected chi connectivity index (χ0v) is 23.0. The third-order valence-corrected chi connectivity index (χ3v) is 8.22. The van der Waals surface area contributed by atoms with Crippen molar-refractivity contribution >= 4 is 22.9 Å². The summed E-state index contributed by atoms with van der Waals surface area (Å²) in [7, 11) is 0. The number of hydrogen-bond acceptors (Lipinski definition) is 8. The minimum absolute atomic E-state index is 0.0366. The lowest BCUT2D eigenvalue weighted by Gasteiger charge is -2.30. The van der Waals surface area contributed by atoms with Crippen LogP contribution >= 0.6 is 0 Å². The van der Waals surface area contributed by atoms with Gasteiger partial charge in [-0.15, -0.1) is 0 Å². The first kappa shape index (κ1) is 27.8. The molecule has 0 atom stereocenters. The number of anilines is 1. The van der Waals surface area contributed by atoms with Gasteiger partial charge in [0.25, 0.3) is 6.43 Å². The number of hydrogen-bond donors (Lipinski definition) is 1. The fourth-order valence-corrected chi connectivity index (χ4v) is 5.87. The number of alkyl halides is 2. The summed E-state index contributed by atoms with van der Waals surface area (Å²) in [5.41, 5.74) is 0.998. The van der Waals surface area contributed by atoms with E-state index in [1.54, 1.807) is 30.3 Å². The van der Waals surface area contributed by atoms with Crippen LogP contribution in [0.1, 0.15) is 50.8 Å². The second-order valence-corrected chi connectivity index (χ2v) is 11.0. The summed E-state index contributed by atoms with van der Waals surface area (Å²) in [6.07, 6.45) is 1.91. The van der Waals surface area contributed by atoms with E-state index in [9.17, 15) is 13.6 Å². The summed E-state index contributed by atoms with van der Waals surface area (Å²) in [6.45, 7) is 4.47. The lowest BCUT2D eigenvalue weighted by atomic mass is 9.86. The van der Waals surface area contributed by atoms with Crippen LogP contribution in [0.4, 0.5) is 14.7 Å². The molecule has 1 N–H and O–H groups in total. The molecule has 0 radical (unpaired) electrons. The van der Waals surface area contributed by atoms with E-state index in [-0.39, 0.29) is 29.6 Å². The van der Waals surface area contributed by atoms with Gasteiger partial charge in [0.05, 0.1) is 24.2 Å². The first-order chi connectivity index (χ1) is 20.0. The number of carbonyl (C=O) groups excluding carboxylic acids is 1. The molecular weight excluding hydrogens is 534 g/mol. The van der Waals surface area contributed by atoms with Crippen molar-refractivity contribution in [1.29, 1.82) is 0 Å². The molecule has 0 unspecified atom stereocenters. The van der Waals surface area contributed by atoms with Crippen molar-refractivity contribution < 1.29 is 27.8 Å². The van der Waals surface area contributed by atoms with Crippen molar-refractivity contribution in [3.8, 4) is 11.7 Å². The maximum atomic E-state index is 14.1. The SMILES string of the molecule is O=C(NCC1CCOCC1)[C@H]1CC[C@H](Oc2cc(-n3c(C(F)F)nc4ccccc43)nc(N3CCOCC3)n2)CC1. The number of nitrogens with zero attached hydrogens (tertiary/aromatic N) is 5. The van der Waals surface area contributed by atoms with Crippen LogP contribution in [-0.2, 0) is 14.3 Å². The number of para-hydroxylation sites is 2. The van der Waals surface area contributed by atoms with Crippen molar-refractivity contribution in [2.24, 2.45) is 11.8 Å². The number of halogens is 2. The molecule has 12 heteroatoms. The largest absolute Gasteiger partial charge is 0.474 e. The van der Waals surface area contributed by atoms with Gasteiger partial charge in [0.15, 0.2) is 5.82 Å². The Balaban J connectivity index is 1.19. The van der Waals surface area contributed by atoms with Crippen molar-refractivity contribution in [2.45, 2.75) is 51.1 Å². The zero-order valence-electron chi connectivity index (χ0n) is 23.0. The van der Waals surface area contributed by atoms with E-state index >= 15 is 0 Å². The third-order valence-electron chi connectivity index (χ3n) is 8.22. The standard InChI is InChI=1S/C29H36F2N6O4/c30-26(31)27-33-22-3-1-2-4-23(22)37(27)24-17-25(35-29(34-24)36-11-15-40-16-12-36)41-21-7-5-20(6-8-21)28(38)32-18-19-9-13-39-14-10-19/h1-4,17,19-21,26H,5-16,18H2,(H,32,38)/t20-,21-. The second kappa shape index (κ2) is 12.6. The molecular formula is C29H36F2N6O4. The fourth-order valence-electron chi connectivity index (χ4n) is 5.87. The number of fused-ring (bicyclic) bond motifs is 1. The van der Waals surface area contributed by atoms with E-state index in [2.05, 4.69) is 20.3 Å². The molecule has 2 aromatic heterocycles. The normalized spacial score (nSPS) is 22.3. The number of nitrogens with one attached hydrogen (secondary N) is 1. The predicted octanol–water partition coefficient (Wildman–Crippen LogP) is 4.07. The summed E-state index contributed by atoms with van der Waals surface area (Å²) in [5, 5.41) is 3.14. The number of imidazole rings is 1. The van der Waals surface area contributed by atoms with Crippen LogP contribution in [0.25, 0.3) is 16.9 Å². The van der Waals surface area contributed by atoms with Crippen molar-refractivity contribution in [3.05, 3.63) is 36.2 Å². The lowest BCUT2D eigenvalue weighted by Crippen LogP contribution is -2.39. The predicted molar refractivity (Wildman–Crippen MR) is 148 cm³/mol. The van der Waals surface area contributed by atoms with Gasteiger partial charge >= 0.3 is 0 Å². The maximum Gasteiger partial charge on any atom is 0.296 e. The molecule has 1 saturated carbocycles. The molecule has 0 bridgehead atoms. The molecule has 4 heterocycles. The molecule has 3 aromatic rings. The van der Waals surface area contributed by atoms with Crippen LogP contribution in [0.15, 0.2) is 30.3 Å². The Kier molecular flexibility index (Phi) is 8.56. The van der Waals surface area contributed by atoms with Crippen molar-refractivity contribution in [2.75, 3.05) is 51.0 Å². The highest BCUT2D eigenvalue weighted by Crippen LogP contribution is 2.32. The van der Waals surface area contributed by atoms with E-state index in [0.29, 0.717) is 74.5 Å². The number of carbonyl (C=O) groups is 1. The van der Waals surface area contributed by atoms with Crippen molar-refractivity contribution in [1.82, 2.24) is 24.8 Å². The number of benzene rings is 1. The molecule has 0 spiro atoms. The summed E-state index contributed by atoms with van der Waals surface area (Å²) >= 11 is 0. The smallest absolute Gasteiger partial charge is 0.296 e. The number of morpholine rings is 1. The van der Waals surface area contributed by atoms with Crippen LogP contribution in [0, 0.1) is 11.8 Å². The summed E-state index contributed by atoms with van der Waals surface area (Å²) in [6, 6.07) is 8.62. The minimum atomic E-state index is -2.79. The van der Waals surface area contributed by atoms with Gasteiger partial charge in [-0.1, -0.05) is 12.1 Å². The molecule has 3 aliphatic rings. The molecule has 2 saturated heterocycles. The summed E-state index contributed by atoms with van der Waals surface area (Å²) in [5.74, 6) is 1.18. The van der Waals surface area contributed by atoms with E-state index in [1.807, 2.05) is 4.90 Å². The topological polar surface area (TPSA) is 104 Å². The molecule has 220 valence electrons. The van der Waals surface area contributed by atoms with Gasteiger partial charge in [0.2, 0.25) is 17.7 Å². The highest BCUT2D eigenvalue weighted by molar-refractivity contribution is 5.79. The Hall–Kier alpha value is -3.38. The quantitative estimate of drug-likeness (QED) is 0.433. The Morgan fingerprint density at radius 3 is 2.46 bits per heavy atom. The van der Waals surface area contributed by atoms with E-state index < -0.39 is 6.43 Å². The van der Waals surface area contributed by atoms with E-state index in [4.69, 9.17) is 14.2 Å². The van der Waals surface area contributed by atoms with Crippen LogP contribution in [0.3, 0.4) is 0 Å². The molecule has 41 heavy (non-hydrogen) atoms. The van der Waals surface area contributed by atoms with Gasteiger partial charge in [-0.3, -0.25) is 9.36 Å². The highest BCUT2D eigenvalue weighted by Gasteiger charge is 2.29. The number of ether oxygens (including phenoxy) is 3. The van der Waals surface area contributed by atoms with Crippen LogP contribution in [-0.4, -0.2) is 77.6 Å². The second-order valence-electron chi connectivity index (χ2n) is 11.0. The Labute approximate surface area is 237 Å². The van der Waals surface area contributed by atoms with Gasteiger partial charge in [-0.2, -0.15) is 9.97 Å². The molecule has 1 aliphatic carbocycles. The number of aromatic nitrogens is 4. The Morgan fingerprint density at radius 1 is 0.976 bits per heavy atom. The van der Waals surface area contributed by atoms with Crippen LogP contribution in [0.5, 0.6) is 5.88 Å². The van der Waals surface area contributed by atoms with Gasteiger partial charge in [-0.25, -0.2) is 13.8 Å². The maximum absolute atomic E-state index is 14.1. The first-order valence-electron chi connectivity index (χ1n) is 14.5. The number of amides is 1. The monoisotopic (exact) mass is 570 g/mol. The third kappa shape index (κ3) is 6.43. The van der Waals surface area contributed by atoms with Gasteiger partial charge in [-0.05, 0) is 56.6 Å². The first-order valence-corrected chi connectivity index (χ1v) is 14.5. The molecule has 6 rings (SSSR count). The molecule has 2 aliphatic heterocycles. The van der Waals surface area contributed by atoms with Crippen LogP contribution in [0.2, 0.25) is 0 Å². The van der Waals surface area contributed by atoms with E-state index in [1.165, 1.54) is 4.57 Å². The minimum Gasteiger partial charge on any atom is -0.474 e. The number of rotatable bonds is 8. The fraction of sp³-hybridized carbons (Fsp3) is 0.586. The molecule has 1 amide bonds. The molecule has 3 fully saturated rings.